The molecule has 0 saturated heterocycles. The molecule has 0 N–H and O–H groups in total. The number of rotatable bonds is 3. The summed E-state index contributed by atoms with van der Waals surface area (Å²) in [6, 6.07) is 61.4. The first kappa shape index (κ1) is 30.4. The molecule has 55 heavy (non-hydrogen) atoms. The molecule has 1 aliphatic rings. The van der Waals surface area contributed by atoms with E-state index in [0.29, 0.717) is 5.82 Å². The van der Waals surface area contributed by atoms with E-state index in [4.69, 9.17) is 9.97 Å². The third-order valence-electron chi connectivity index (χ3n) is 12.1. The van der Waals surface area contributed by atoms with E-state index in [0.717, 1.165) is 33.5 Å². The first-order valence-electron chi connectivity index (χ1n) is 19.0. The molecular weight excluding hydrogens is 669 g/mol. The van der Waals surface area contributed by atoms with Crippen molar-refractivity contribution in [3.63, 3.8) is 0 Å². The molecule has 12 rings (SSSR count). The molecule has 0 atom stereocenters. The van der Waals surface area contributed by atoms with Gasteiger partial charge in [-0.3, -0.25) is 4.57 Å². The lowest BCUT2D eigenvalue weighted by molar-refractivity contribution is 0.664. The molecule has 0 bridgehead atoms. The van der Waals surface area contributed by atoms with Gasteiger partial charge in [0.15, 0.2) is 5.82 Å². The number of benzene rings is 8. The summed E-state index contributed by atoms with van der Waals surface area (Å²) in [4.78, 5) is 10.7. The quantitative estimate of drug-likeness (QED) is 0.184. The molecular formula is C51H34N4. The predicted octanol–water partition coefficient (Wildman–Crippen LogP) is 13.0. The van der Waals surface area contributed by atoms with Crippen LogP contribution < -0.4 is 0 Å². The standard InChI is InChI=1S/C51H34N4/c1-51(2)40-24-12-8-18-32(40)37-28-29-39-46-36-22-7-6-21-35(36)44(54-42-26-14-10-19-33(42)34-20-11-15-27-43(34)54)30-45(46)55(48(39)47(37)51)50-38-23-9-13-25-41(38)52-49(53-50)31-16-4-3-5-17-31/h3-30H,1-2H3. The van der Waals surface area contributed by atoms with E-state index < -0.39 is 0 Å². The highest BCUT2D eigenvalue weighted by Gasteiger charge is 2.39. The van der Waals surface area contributed by atoms with Gasteiger partial charge in [-0.05, 0) is 58.0 Å². The highest BCUT2D eigenvalue weighted by Crippen LogP contribution is 2.54. The van der Waals surface area contributed by atoms with Gasteiger partial charge in [0.1, 0.15) is 5.82 Å². The van der Waals surface area contributed by atoms with Crippen LogP contribution in [-0.2, 0) is 5.41 Å². The second-order valence-corrected chi connectivity index (χ2v) is 15.3. The van der Waals surface area contributed by atoms with Gasteiger partial charge >= 0.3 is 0 Å². The maximum atomic E-state index is 5.55. The topological polar surface area (TPSA) is 35.6 Å². The van der Waals surface area contributed by atoms with E-state index in [1.165, 1.54) is 71.1 Å². The third-order valence-corrected chi connectivity index (χ3v) is 12.1. The minimum atomic E-state index is -0.256. The number of aromatic nitrogens is 4. The Morgan fingerprint density at radius 2 is 1.07 bits per heavy atom. The Kier molecular flexibility index (Phi) is 6.09. The van der Waals surface area contributed by atoms with Crippen LogP contribution >= 0.6 is 0 Å². The molecule has 258 valence electrons. The van der Waals surface area contributed by atoms with E-state index >= 15 is 0 Å². The highest BCUT2D eigenvalue weighted by atomic mass is 15.1. The fraction of sp³-hybridized carbons (Fsp3) is 0.0588. The molecule has 4 nitrogen and oxygen atoms in total. The molecule has 3 aromatic heterocycles. The van der Waals surface area contributed by atoms with Crippen LogP contribution in [0.1, 0.15) is 25.0 Å². The molecule has 0 aliphatic heterocycles. The number of hydrogen-bond acceptors (Lipinski definition) is 2. The fourth-order valence-electron chi connectivity index (χ4n) is 9.74. The molecule has 3 heterocycles. The van der Waals surface area contributed by atoms with Crippen molar-refractivity contribution >= 4 is 65.3 Å². The second kappa shape index (κ2) is 11.0. The first-order valence-corrected chi connectivity index (χ1v) is 19.0. The number of hydrogen-bond donors (Lipinski definition) is 0. The maximum absolute atomic E-state index is 5.55. The Labute approximate surface area is 317 Å². The van der Waals surface area contributed by atoms with Crippen molar-refractivity contribution in [2.24, 2.45) is 0 Å². The van der Waals surface area contributed by atoms with Crippen molar-refractivity contribution in [1.82, 2.24) is 19.1 Å². The lowest BCUT2D eigenvalue weighted by Gasteiger charge is -2.24. The summed E-state index contributed by atoms with van der Waals surface area (Å²) in [6.07, 6.45) is 0. The van der Waals surface area contributed by atoms with Crippen LogP contribution in [0.2, 0.25) is 0 Å². The lowest BCUT2D eigenvalue weighted by atomic mass is 9.81. The molecule has 0 radical (unpaired) electrons. The zero-order chi connectivity index (χ0) is 36.4. The third kappa shape index (κ3) is 4.06. The zero-order valence-electron chi connectivity index (χ0n) is 30.5. The van der Waals surface area contributed by atoms with Crippen LogP contribution in [0.15, 0.2) is 170 Å². The minimum Gasteiger partial charge on any atom is -0.309 e. The molecule has 1 aliphatic carbocycles. The first-order chi connectivity index (χ1) is 27.1. The fourth-order valence-corrected chi connectivity index (χ4v) is 9.74. The molecule has 0 spiro atoms. The molecule has 11 aromatic rings. The van der Waals surface area contributed by atoms with Crippen molar-refractivity contribution in [1.29, 1.82) is 0 Å². The Hall–Kier alpha value is -7.04. The van der Waals surface area contributed by atoms with Crippen LogP contribution in [0, 0.1) is 0 Å². The summed E-state index contributed by atoms with van der Waals surface area (Å²) in [5, 5.41) is 8.39. The molecule has 8 aromatic carbocycles. The SMILES string of the molecule is CC1(C)c2ccccc2-c2ccc3c4c5ccccc5c(-n5c6ccccc6c6ccccc65)cc4n(-c4nc(-c5ccccc5)nc5ccccc45)c3c21. The molecule has 0 saturated carbocycles. The van der Waals surface area contributed by atoms with E-state index in [1.54, 1.807) is 0 Å². The smallest absolute Gasteiger partial charge is 0.162 e. The van der Waals surface area contributed by atoms with Crippen molar-refractivity contribution in [3.8, 4) is 34.0 Å². The van der Waals surface area contributed by atoms with Crippen LogP contribution in [0.25, 0.3) is 99.3 Å². The van der Waals surface area contributed by atoms with Crippen LogP contribution in [-0.4, -0.2) is 19.1 Å². The van der Waals surface area contributed by atoms with Crippen molar-refractivity contribution < 1.29 is 0 Å². The molecule has 0 unspecified atom stereocenters. The summed E-state index contributed by atoms with van der Waals surface area (Å²) >= 11 is 0. The van der Waals surface area contributed by atoms with E-state index in [2.05, 4.69) is 187 Å². The van der Waals surface area contributed by atoms with Crippen LogP contribution in [0.4, 0.5) is 0 Å². The lowest BCUT2D eigenvalue weighted by Crippen LogP contribution is -2.17. The zero-order valence-corrected chi connectivity index (χ0v) is 30.5. The Morgan fingerprint density at radius 1 is 0.455 bits per heavy atom. The number of fused-ring (bicyclic) bond motifs is 13. The Bertz CT molecular complexity index is 3350. The van der Waals surface area contributed by atoms with Crippen LogP contribution in [0.3, 0.4) is 0 Å². The van der Waals surface area contributed by atoms with Gasteiger partial charge in [0.25, 0.3) is 0 Å². The molecule has 0 amide bonds. The van der Waals surface area contributed by atoms with E-state index in [9.17, 15) is 0 Å². The average Bonchev–Trinajstić information content (AvgIpc) is 3.83. The summed E-state index contributed by atoms with van der Waals surface area (Å²) in [6.45, 7) is 4.77. The Balaban J connectivity index is 1.33. The number of para-hydroxylation sites is 3. The van der Waals surface area contributed by atoms with Crippen molar-refractivity contribution in [2.45, 2.75) is 19.3 Å². The summed E-state index contributed by atoms with van der Waals surface area (Å²) in [5.74, 6) is 1.59. The number of nitrogens with zero attached hydrogens (tertiary/aromatic N) is 4. The average molecular weight is 703 g/mol. The maximum Gasteiger partial charge on any atom is 0.162 e. The molecule has 0 fully saturated rings. The van der Waals surface area contributed by atoms with Gasteiger partial charge < -0.3 is 4.57 Å². The normalized spacial score (nSPS) is 13.4. The van der Waals surface area contributed by atoms with Crippen molar-refractivity contribution in [2.75, 3.05) is 0 Å². The summed E-state index contributed by atoms with van der Waals surface area (Å²) in [5.41, 5.74) is 12.7. The van der Waals surface area contributed by atoms with E-state index in [-0.39, 0.29) is 5.41 Å². The van der Waals surface area contributed by atoms with Gasteiger partial charge in [-0.15, -0.1) is 0 Å². The predicted molar refractivity (Wildman–Crippen MR) is 229 cm³/mol. The summed E-state index contributed by atoms with van der Waals surface area (Å²) < 4.78 is 4.95. The summed E-state index contributed by atoms with van der Waals surface area (Å²) in [7, 11) is 0. The van der Waals surface area contributed by atoms with Crippen molar-refractivity contribution in [3.05, 3.63) is 181 Å². The molecule has 4 heteroatoms. The van der Waals surface area contributed by atoms with E-state index in [1.807, 2.05) is 6.07 Å². The second-order valence-electron chi connectivity index (χ2n) is 15.3. The highest BCUT2D eigenvalue weighted by molar-refractivity contribution is 6.25. The Morgan fingerprint density at radius 3 is 1.84 bits per heavy atom. The van der Waals surface area contributed by atoms with Gasteiger partial charge in [-0.2, -0.15) is 0 Å². The van der Waals surface area contributed by atoms with Gasteiger partial charge in [0.2, 0.25) is 0 Å². The minimum absolute atomic E-state index is 0.256. The van der Waals surface area contributed by atoms with Crippen LogP contribution in [0.5, 0.6) is 0 Å². The van der Waals surface area contributed by atoms with Gasteiger partial charge in [-0.1, -0.05) is 153 Å². The largest absolute Gasteiger partial charge is 0.309 e. The van der Waals surface area contributed by atoms with Gasteiger partial charge in [0, 0.05) is 43.3 Å². The monoisotopic (exact) mass is 702 g/mol. The van der Waals surface area contributed by atoms with Gasteiger partial charge in [0.05, 0.1) is 33.3 Å². The van der Waals surface area contributed by atoms with Gasteiger partial charge in [-0.25, -0.2) is 9.97 Å².